The number of hydrogen-bond donors (Lipinski definition) is 1. The summed E-state index contributed by atoms with van der Waals surface area (Å²) in [5.41, 5.74) is 2.00. The van der Waals surface area contributed by atoms with Crippen LogP contribution in [0.5, 0.6) is 0 Å². The Bertz CT molecular complexity index is 956. The maximum atomic E-state index is 12.9. The lowest BCUT2D eigenvalue weighted by molar-refractivity contribution is 0.0697. The molecular weight excluding hydrogens is 468 g/mol. The van der Waals surface area contributed by atoms with Gasteiger partial charge in [-0.05, 0) is 77.8 Å². The molecule has 0 aliphatic carbocycles. The van der Waals surface area contributed by atoms with Gasteiger partial charge >= 0.3 is 5.97 Å². The molecular formula is C23H28BrClN2O3. The predicted molar refractivity (Wildman–Crippen MR) is 123 cm³/mol. The molecule has 1 aromatic heterocycles. The molecule has 0 unspecified atom stereocenters. The van der Waals surface area contributed by atoms with Crippen LogP contribution in [0.25, 0.3) is 0 Å². The summed E-state index contributed by atoms with van der Waals surface area (Å²) in [4.78, 5) is 26.4. The molecule has 1 fully saturated rings. The molecule has 2 aromatic rings. The summed E-state index contributed by atoms with van der Waals surface area (Å²) in [5, 5.41) is 9.26. The van der Waals surface area contributed by atoms with Crippen LogP contribution >= 0.6 is 27.5 Å². The van der Waals surface area contributed by atoms with Crippen LogP contribution in [-0.4, -0.2) is 33.1 Å². The van der Waals surface area contributed by atoms with Crippen molar-refractivity contribution >= 4 is 33.5 Å². The van der Waals surface area contributed by atoms with Gasteiger partial charge in [-0.3, -0.25) is 9.69 Å². The number of carboxylic acids is 1. The number of aromatic carboxylic acids is 1. The minimum atomic E-state index is -0.944. The summed E-state index contributed by atoms with van der Waals surface area (Å²) in [6.07, 6.45) is 4.16. The van der Waals surface area contributed by atoms with Crippen molar-refractivity contribution in [2.45, 2.75) is 58.7 Å². The number of likely N-dealkylation sites (tertiary alicyclic amines) is 1. The molecule has 162 valence electrons. The molecule has 1 aliphatic heterocycles. The highest BCUT2D eigenvalue weighted by Gasteiger charge is 2.27. The molecule has 1 saturated heterocycles. The largest absolute Gasteiger partial charge is 0.478 e. The molecule has 3 rings (SSSR count). The van der Waals surface area contributed by atoms with Gasteiger partial charge < -0.3 is 9.67 Å². The van der Waals surface area contributed by atoms with Gasteiger partial charge in [0.1, 0.15) is 5.02 Å². The highest BCUT2D eigenvalue weighted by Crippen LogP contribution is 2.28. The van der Waals surface area contributed by atoms with Crippen LogP contribution in [0.4, 0.5) is 0 Å². The van der Waals surface area contributed by atoms with Crippen molar-refractivity contribution in [3.63, 3.8) is 0 Å². The lowest BCUT2D eigenvalue weighted by Gasteiger charge is -2.28. The van der Waals surface area contributed by atoms with Gasteiger partial charge in [-0.1, -0.05) is 37.6 Å². The Labute approximate surface area is 190 Å². The zero-order chi connectivity index (χ0) is 21.8. The van der Waals surface area contributed by atoms with E-state index in [2.05, 4.69) is 34.7 Å². The third-order valence-corrected chi connectivity index (χ3v) is 6.68. The smallest absolute Gasteiger partial charge is 0.335 e. The number of benzene rings is 1. The van der Waals surface area contributed by atoms with Crippen LogP contribution in [0.15, 0.2) is 39.6 Å². The molecule has 30 heavy (non-hydrogen) atoms. The molecule has 5 nitrogen and oxygen atoms in total. The first-order valence-corrected chi connectivity index (χ1v) is 11.6. The average Bonchev–Trinajstić information content (AvgIpc) is 3.12. The summed E-state index contributed by atoms with van der Waals surface area (Å²) < 4.78 is 2.62. The molecule has 0 amide bonds. The topological polar surface area (TPSA) is 62.5 Å². The molecule has 0 radical (unpaired) electrons. The first kappa shape index (κ1) is 23.0. The van der Waals surface area contributed by atoms with Gasteiger partial charge in [-0.15, -0.1) is 0 Å². The van der Waals surface area contributed by atoms with Crippen LogP contribution in [0, 0.1) is 5.92 Å². The normalized spacial score (nSPS) is 17.0. The Kier molecular flexibility index (Phi) is 7.77. The Morgan fingerprint density at radius 3 is 2.63 bits per heavy atom. The Morgan fingerprint density at radius 1 is 1.30 bits per heavy atom. The fraction of sp³-hybridized carbons (Fsp3) is 0.478. The maximum Gasteiger partial charge on any atom is 0.335 e. The number of hydrogen-bond acceptors (Lipinski definition) is 3. The summed E-state index contributed by atoms with van der Waals surface area (Å²) >= 11 is 9.83. The second-order valence-electron chi connectivity index (χ2n) is 8.39. The monoisotopic (exact) mass is 494 g/mol. The number of halogens is 2. The zero-order valence-corrected chi connectivity index (χ0v) is 19.7. The maximum absolute atomic E-state index is 12.9. The average molecular weight is 496 g/mol. The molecule has 0 saturated carbocycles. The molecule has 0 bridgehead atoms. The summed E-state index contributed by atoms with van der Waals surface area (Å²) in [6, 6.07) is 9.02. The van der Waals surface area contributed by atoms with Crippen molar-refractivity contribution in [2.24, 2.45) is 5.92 Å². The lowest BCUT2D eigenvalue weighted by Crippen LogP contribution is -2.34. The molecule has 1 aliphatic rings. The van der Waals surface area contributed by atoms with Gasteiger partial charge in [0.15, 0.2) is 0 Å². The van der Waals surface area contributed by atoms with E-state index >= 15 is 0 Å². The van der Waals surface area contributed by atoms with E-state index < -0.39 is 5.97 Å². The summed E-state index contributed by atoms with van der Waals surface area (Å²) in [5.74, 6) is -0.305. The van der Waals surface area contributed by atoms with Crippen molar-refractivity contribution in [2.75, 3.05) is 6.54 Å². The van der Waals surface area contributed by atoms with Gasteiger partial charge in [0, 0.05) is 29.3 Å². The van der Waals surface area contributed by atoms with E-state index in [0.717, 1.165) is 28.7 Å². The quantitative estimate of drug-likeness (QED) is 0.546. The van der Waals surface area contributed by atoms with E-state index in [9.17, 15) is 9.59 Å². The third-order valence-electron chi connectivity index (χ3n) is 5.72. The van der Waals surface area contributed by atoms with Crippen molar-refractivity contribution in [1.29, 1.82) is 0 Å². The van der Waals surface area contributed by atoms with Crippen LogP contribution < -0.4 is 5.56 Å². The third kappa shape index (κ3) is 5.54. The Balaban J connectivity index is 1.83. The highest BCUT2D eigenvalue weighted by molar-refractivity contribution is 9.10. The number of carboxylic acid groups (broad SMARTS) is 1. The van der Waals surface area contributed by atoms with E-state index in [-0.39, 0.29) is 16.1 Å². The Morgan fingerprint density at radius 2 is 2.00 bits per heavy atom. The second-order valence-corrected chi connectivity index (χ2v) is 9.65. The van der Waals surface area contributed by atoms with Crippen LogP contribution in [0.3, 0.4) is 0 Å². The molecule has 2 heterocycles. The number of aryl methyl sites for hydroxylation is 1. The molecule has 1 N–H and O–H groups in total. The lowest BCUT2D eigenvalue weighted by atomic mass is 10.0. The van der Waals surface area contributed by atoms with Gasteiger partial charge in [-0.2, -0.15) is 0 Å². The van der Waals surface area contributed by atoms with E-state index in [4.69, 9.17) is 16.7 Å². The van der Waals surface area contributed by atoms with Gasteiger partial charge in [0.2, 0.25) is 0 Å². The number of carbonyl (C=O) groups is 1. The Hall–Kier alpha value is -1.63. The highest BCUT2D eigenvalue weighted by atomic mass is 79.9. The fourth-order valence-corrected chi connectivity index (χ4v) is 5.11. The van der Waals surface area contributed by atoms with E-state index in [1.54, 1.807) is 34.9 Å². The van der Waals surface area contributed by atoms with Crippen molar-refractivity contribution < 1.29 is 9.90 Å². The molecule has 7 heteroatoms. The summed E-state index contributed by atoms with van der Waals surface area (Å²) in [7, 11) is 0. The number of nitrogens with zero attached hydrogens (tertiary/aromatic N) is 2. The fourth-order valence-electron chi connectivity index (χ4n) is 4.20. The second kappa shape index (κ2) is 10.1. The van der Waals surface area contributed by atoms with Crippen LogP contribution in [0.2, 0.25) is 5.02 Å². The van der Waals surface area contributed by atoms with Crippen molar-refractivity contribution in [3.8, 4) is 0 Å². The molecule has 1 atom stereocenters. The van der Waals surface area contributed by atoms with Crippen molar-refractivity contribution in [3.05, 3.63) is 67.0 Å². The summed E-state index contributed by atoms with van der Waals surface area (Å²) in [6.45, 7) is 6.74. The molecule has 1 aromatic carbocycles. The first-order chi connectivity index (χ1) is 14.3. The van der Waals surface area contributed by atoms with Gasteiger partial charge in [-0.25, -0.2) is 4.79 Å². The zero-order valence-electron chi connectivity index (χ0n) is 17.4. The SMILES string of the molecule is CC(C)C[C@H]1CCCN1Cc1c(Br)cc(Cl)c(=O)n1CCc1ccc(C(=O)O)cc1. The van der Waals surface area contributed by atoms with E-state index in [0.29, 0.717) is 31.5 Å². The minimum Gasteiger partial charge on any atom is -0.478 e. The first-order valence-electron chi connectivity index (χ1n) is 10.4. The van der Waals surface area contributed by atoms with Crippen LogP contribution in [0.1, 0.15) is 54.7 Å². The predicted octanol–water partition coefficient (Wildman–Crippen LogP) is 5.22. The standard InChI is InChI=1S/C23H28BrClN2O3/c1-15(2)12-18-4-3-10-26(18)14-21-19(24)13-20(25)22(28)27(21)11-9-16-5-7-17(8-6-16)23(29)30/h5-8,13,15,18H,3-4,9-12,14H2,1-2H3,(H,29,30)/t18-/m1/s1. The van der Waals surface area contributed by atoms with E-state index in [1.165, 1.54) is 12.8 Å². The number of rotatable bonds is 8. The molecule has 0 spiro atoms. The minimum absolute atomic E-state index is 0.184. The van der Waals surface area contributed by atoms with Crippen molar-refractivity contribution in [1.82, 2.24) is 9.47 Å². The van der Waals surface area contributed by atoms with Crippen LogP contribution in [-0.2, 0) is 19.5 Å². The number of aromatic nitrogens is 1. The van der Waals surface area contributed by atoms with E-state index in [1.807, 2.05) is 0 Å². The number of pyridine rings is 1. The van der Waals surface area contributed by atoms with Gasteiger partial charge in [0.05, 0.1) is 5.56 Å². The van der Waals surface area contributed by atoms with Gasteiger partial charge in [0.25, 0.3) is 5.56 Å².